The van der Waals surface area contributed by atoms with Crippen LogP contribution in [-0.2, 0) is 25.9 Å². The van der Waals surface area contributed by atoms with Crippen LogP contribution in [0.5, 0.6) is 0 Å². The maximum atomic E-state index is 5.74. The number of benzene rings is 1. The third-order valence-electron chi connectivity index (χ3n) is 3.56. The lowest BCUT2D eigenvalue weighted by molar-refractivity contribution is 0.532. The van der Waals surface area contributed by atoms with Gasteiger partial charge in [-0.2, -0.15) is 0 Å². The van der Waals surface area contributed by atoms with Gasteiger partial charge in [0.15, 0.2) is 0 Å². The molecule has 0 unspecified atom stereocenters. The molecule has 2 rings (SSSR count). The van der Waals surface area contributed by atoms with Crippen LogP contribution in [0.3, 0.4) is 0 Å². The molecule has 2 N–H and O–H groups in total. The molecular weight excluding hydrogens is 248 g/mol. The molecule has 20 heavy (non-hydrogen) atoms. The summed E-state index contributed by atoms with van der Waals surface area (Å²) in [6, 6.07) is 10.6. The van der Waals surface area contributed by atoms with Gasteiger partial charge < -0.3 is 5.73 Å². The monoisotopic (exact) mass is 272 g/mol. The van der Waals surface area contributed by atoms with Crippen molar-refractivity contribution in [1.29, 1.82) is 0 Å². The molecule has 0 radical (unpaired) electrons. The molecule has 0 saturated heterocycles. The number of nitrogens with zero attached hydrogens (tertiary/aromatic N) is 3. The van der Waals surface area contributed by atoms with E-state index in [1.165, 1.54) is 24.1 Å². The molecule has 4 nitrogen and oxygen atoms in total. The number of aryl methyl sites for hydroxylation is 2. The van der Waals surface area contributed by atoms with Gasteiger partial charge in [0.1, 0.15) is 0 Å². The zero-order valence-corrected chi connectivity index (χ0v) is 12.3. The summed E-state index contributed by atoms with van der Waals surface area (Å²) in [4.78, 5) is 0. The summed E-state index contributed by atoms with van der Waals surface area (Å²) in [5.41, 5.74) is 9.30. The fourth-order valence-electron chi connectivity index (χ4n) is 2.40. The molecule has 0 aliphatic heterocycles. The Kier molecular flexibility index (Phi) is 5.74. The van der Waals surface area contributed by atoms with Crippen LogP contribution in [-0.4, -0.2) is 15.0 Å². The SMILES string of the molecule is CCCCc1c(CN)nnn1CCCc1ccccc1. The summed E-state index contributed by atoms with van der Waals surface area (Å²) in [7, 11) is 0. The first kappa shape index (κ1) is 14.7. The predicted molar refractivity (Wildman–Crippen MR) is 81.3 cm³/mol. The Balaban J connectivity index is 1.93. The minimum absolute atomic E-state index is 0.484. The first-order chi connectivity index (χ1) is 9.85. The third kappa shape index (κ3) is 3.90. The van der Waals surface area contributed by atoms with E-state index in [2.05, 4.69) is 47.6 Å². The van der Waals surface area contributed by atoms with E-state index >= 15 is 0 Å². The van der Waals surface area contributed by atoms with E-state index in [0.717, 1.165) is 31.5 Å². The van der Waals surface area contributed by atoms with Gasteiger partial charge in [-0.25, -0.2) is 4.68 Å². The van der Waals surface area contributed by atoms with Crippen LogP contribution in [0.15, 0.2) is 30.3 Å². The lowest BCUT2D eigenvalue weighted by Crippen LogP contribution is -2.09. The van der Waals surface area contributed by atoms with Crippen molar-refractivity contribution in [2.24, 2.45) is 5.73 Å². The highest BCUT2D eigenvalue weighted by molar-refractivity contribution is 5.14. The number of hydrogen-bond acceptors (Lipinski definition) is 3. The van der Waals surface area contributed by atoms with Gasteiger partial charge in [-0.1, -0.05) is 48.9 Å². The highest BCUT2D eigenvalue weighted by Crippen LogP contribution is 2.11. The lowest BCUT2D eigenvalue weighted by atomic mass is 10.1. The Labute approximate surface area is 121 Å². The molecule has 0 spiro atoms. The van der Waals surface area contributed by atoms with Crippen molar-refractivity contribution in [2.45, 2.75) is 52.1 Å². The third-order valence-corrected chi connectivity index (χ3v) is 3.56. The molecule has 1 heterocycles. The zero-order valence-electron chi connectivity index (χ0n) is 12.3. The average Bonchev–Trinajstić information content (AvgIpc) is 2.88. The van der Waals surface area contributed by atoms with Crippen LogP contribution in [0.2, 0.25) is 0 Å². The maximum absolute atomic E-state index is 5.74. The summed E-state index contributed by atoms with van der Waals surface area (Å²) in [5, 5.41) is 8.46. The van der Waals surface area contributed by atoms with E-state index in [4.69, 9.17) is 5.73 Å². The summed E-state index contributed by atoms with van der Waals surface area (Å²) < 4.78 is 2.04. The van der Waals surface area contributed by atoms with Gasteiger partial charge in [-0.3, -0.25) is 0 Å². The Hall–Kier alpha value is -1.68. The molecule has 0 aliphatic rings. The molecule has 0 atom stereocenters. The van der Waals surface area contributed by atoms with Crippen molar-refractivity contribution >= 4 is 0 Å². The second-order valence-electron chi connectivity index (χ2n) is 5.10. The fourth-order valence-corrected chi connectivity index (χ4v) is 2.40. The molecular formula is C16H24N4. The van der Waals surface area contributed by atoms with E-state index in [0.29, 0.717) is 6.54 Å². The zero-order chi connectivity index (χ0) is 14.2. The van der Waals surface area contributed by atoms with Gasteiger partial charge in [0.05, 0.1) is 11.4 Å². The van der Waals surface area contributed by atoms with Crippen LogP contribution < -0.4 is 5.73 Å². The molecule has 2 aromatic rings. The van der Waals surface area contributed by atoms with Crippen LogP contribution in [0.25, 0.3) is 0 Å². The van der Waals surface area contributed by atoms with E-state index in [1.54, 1.807) is 0 Å². The topological polar surface area (TPSA) is 56.7 Å². The van der Waals surface area contributed by atoms with Gasteiger partial charge >= 0.3 is 0 Å². The van der Waals surface area contributed by atoms with Crippen molar-refractivity contribution in [1.82, 2.24) is 15.0 Å². The minimum atomic E-state index is 0.484. The largest absolute Gasteiger partial charge is 0.325 e. The molecule has 1 aromatic heterocycles. The van der Waals surface area contributed by atoms with Crippen LogP contribution in [0.1, 0.15) is 43.1 Å². The summed E-state index contributed by atoms with van der Waals surface area (Å²) >= 11 is 0. The van der Waals surface area contributed by atoms with Crippen molar-refractivity contribution in [2.75, 3.05) is 0 Å². The molecule has 0 aliphatic carbocycles. The smallest absolute Gasteiger partial charge is 0.0994 e. The number of unbranched alkanes of at least 4 members (excludes halogenated alkanes) is 1. The van der Waals surface area contributed by atoms with Gasteiger partial charge in [0.25, 0.3) is 0 Å². The van der Waals surface area contributed by atoms with Crippen LogP contribution in [0, 0.1) is 0 Å². The normalized spacial score (nSPS) is 10.9. The summed E-state index contributed by atoms with van der Waals surface area (Å²) in [5.74, 6) is 0. The molecule has 4 heteroatoms. The van der Waals surface area contributed by atoms with Crippen molar-refractivity contribution < 1.29 is 0 Å². The minimum Gasteiger partial charge on any atom is -0.325 e. The Morgan fingerprint density at radius 1 is 1.10 bits per heavy atom. The number of aromatic nitrogens is 3. The van der Waals surface area contributed by atoms with Gasteiger partial charge in [-0.15, -0.1) is 5.10 Å². The second kappa shape index (κ2) is 7.80. The van der Waals surface area contributed by atoms with Crippen molar-refractivity contribution in [3.8, 4) is 0 Å². The predicted octanol–water partition coefficient (Wildman–Crippen LogP) is 2.71. The van der Waals surface area contributed by atoms with Gasteiger partial charge in [-0.05, 0) is 31.2 Å². The Morgan fingerprint density at radius 2 is 1.90 bits per heavy atom. The maximum Gasteiger partial charge on any atom is 0.0994 e. The van der Waals surface area contributed by atoms with Crippen molar-refractivity contribution in [3.05, 3.63) is 47.3 Å². The van der Waals surface area contributed by atoms with E-state index < -0.39 is 0 Å². The Bertz CT molecular complexity index is 504. The molecule has 0 bridgehead atoms. The van der Waals surface area contributed by atoms with Crippen molar-refractivity contribution in [3.63, 3.8) is 0 Å². The molecule has 0 fully saturated rings. The molecule has 0 saturated carbocycles. The van der Waals surface area contributed by atoms with Crippen LogP contribution in [0.4, 0.5) is 0 Å². The molecule has 1 aromatic carbocycles. The first-order valence-corrected chi connectivity index (χ1v) is 7.50. The number of rotatable bonds is 8. The molecule has 0 amide bonds. The van der Waals surface area contributed by atoms with E-state index in [9.17, 15) is 0 Å². The quantitative estimate of drug-likeness (QED) is 0.804. The average molecular weight is 272 g/mol. The molecule has 108 valence electrons. The summed E-state index contributed by atoms with van der Waals surface area (Å²) in [6.07, 6.45) is 5.53. The standard InChI is InChI=1S/C16H24N4/c1-2-3-11-16-15(13-17)18-19-20(16)12-7-10-14-8-5-4-6-9-14/h4-6,8-9H,2-3,7,10-13,17H2,1H3. The number of hydrogen-bond donors (Lipinski definition) is 1. The van der Waals surface area contributed by atoms with E-state index in [1.807, 2.05) is 4.68 Å². The van der Waals surface area contributed by atoms with Gasteiger partial charge in [0, 0.05) is 13.1 Å². The first-order valence-electron chi connectivity index (χ1n) is 7.50. The second-order valence-corrected chi connectivity index (χ2v) is 5.10. The number of nitrogens with two attached hydrogens (primary N) is 1. The summed E-state index contributed by atoms with van der Waals surface area (Å²) in [6.45, 7) is 3.60. The Morgan fingerprint density at radius 3 is 2.60 bits per heavy atom. The lowest BCUT2D eigenvalue weighted by Gasteiger charge is -2.07. The van der Waals surface area contributed by atoms with E-state index in [-0.39, 0.29) is 0 Å². The fraction of sp³-hybridized carbons (Fsp3) is 0.500. The highest BCUT2D eigenvalue weighted by Gasteiger charge is 2.10. The highest BCUT2D eigenvalue weighted by atomic mass is 15.4. The van der Waals surface area contributed by atoms with Gasteiger partial charge in [0.2, 0.25) is 0 Å². The van der Waals surface area contributed by atoms with Crippen LogP contribution >= 0.6 is 0 Å².